The molecule has 0 bridgehead atoms. The summed E-state index contributed by atoms with van der Waals surface area (Å²) in [6.07, 6.45) is 2.56. The number of amides is 1. The maximum Gasteiger partial charge on any atom is 0.253 e. The molecule has 19 heavy (non-hydrogen) atoms. The van der Waals surface area contributed by atoms with Crippen LogP contribution in [-0.4, -0.2) is 42.7 Å². The molecule has 1 aromatic rings. The number of phenolic OH excluding ortho intramolecular Hbond substituents is 1. The van der Waals surface area contributed by atoms with Gasteiger partial charge in [0, 0.05) is 25.8 Å². The molecule has 0 radical (unpaired) electrons. The van der Waals surface area contributed by atoms with E-state index in [4.69, 9.17) is 4.74 Å². The van der Waals surface area contributed by atoms with Gasteiger partial charge in [0.15, 0.2) is 0 Å². The molecule has 1 aliphatic carbocycles. The number of benzene rings is 1. The fourth-order valence-electron chi connectivity index (χ4n) is 1.85. The van der Waals surface area contributed by atoms with E-state index >= 15 is 0 Å². The van der Waals surface area contributed by atoms with Gasteiger partial charge in [0.25, 0.3) is 5.91 Å². The number of aryl methyl sites for hydroxylation is 1. The minimum atomic E-state index is -0.0434. The van der Waals surface area contributed by atoms with E-state index in [1.54, 1.807) is 37.1 Å². The van der Waals surface area contributed by atoms with E-state index in [0.717, 1.165) is 12.5 Å². The summed E-state index contributed by atoms with van der Waals surface area (Å²) in [6, 6.07) is 4.91. The number of carbonyl (C=O) groups is 1. The van der Waals surface area contributed by atoms with E-state index in [2.05, 4.69) is 0 Å². The molecule has 0 heterocycles. The fourth-order valence-corrected chi connectivity index (χ4v) is 1.85. The van der Waals surface area contributed by atoms with Crippen LogP contribution < -0.4 is 0 Å². The molecule has 1 N–H and O–H groups in total. The minimum Gasteiger partial charge on any atom is -0.508 e. The first-order valence-corrected chi connectivity index (χ1v) is 6.70. The molecule has 2 rings (SSSR count). The van der Waals surface area contributed by atoms with Crippen LogP contribution in [0.25, 0.3) is 0 Å². The third kappa shape index (κ3) is 3.96. The Labute approximate surface area is 114 Å². The number of hydrogen-bond donors (Lipinski definition) is 1. The standard InChI is InChI=1S/C15H21NO3/c1-11-9-13(5-6-14(11)17)15(18)16(2)7-8-19-10-12-3-4-12/h5-6,9,12,17H,3-4,7-8,10H2,1-2H3. The SMILES string of the molecule is Cc1cc(C(=O)N(C)CCOCC2CC2)ccc1O. The Morgan fingerprint density at radius 3 is 2.84 bits per heavy atom. The van der Waals surface area contributed by atoms with Gasteiger partial charge < -0.3 is 14.7 Å². The van der Waals surface area contributed by atoms with Crippen molar-refractivity contribution in [1.29, 1.82) is 0 Å². The summed E-state index contributed by atoms with van der Waals surface area (Å²) in [7, 11) is 1.77. The van der Waals surface area contributed by atoms with Crippen molar-refractivity contribution in [3.63, 3.8) is 0 Å². The highest BCUT2D eigenvalue weighted by Crippen LogP contribution is 2.28. The lowest BCUT2D eigenvalue weighted by Crippen LogP contribution is -2.30. The van der Waals surface area contributed by atoms with E-state index in [1.165, 1.54) is 12.8 Å². The van der Waals surface area contributed by atoms with Gasteiger partial charge in [-0.25, -0.2) is 0 Å². The summed E-state index contributed by atoms with van der Waals surface area (Å²) in [5.41, 5.74) is 1.31. The van der Waals surface area contributed by atoms with Gasteiger partial charge in [-0.15, -0.1) is 0 Å². The van der Waals surface area contributed by atoms with Crippen molar-refractivity contribution in [2.24, 2.45) is 5.92 Å². The predicted octanol–water partition coefficient (Wildman–Crippen LogP) is 2.20. The van der Waals surface area contributed by atoms with Gasteiger partial charge in [-0.05, 0) is 49.4 Å². The Hall–Kier alpha value is -1.55. The Kier molecular flexibility index (Phi) is 4.43. The summed E-state index contributed by atoms with van der Waals surface area (Å²) in [5, 5.41) is 9.45. The lowest BCUT2D eigenvalue weighted by Gasteiger charge is -2.17. The lowest BCUT2D eigenvalue weighted by atomic mass is 10.1. The normalized spacial score (nSPS) is 14.4. The predicted molar refractivity (Wildman–Crippen MR) is 73.3 cm³/mol. The average molecular weight is 263 g/mol. The Balaban J connectivity index is 1.81. The number of carbonyl (C=O) groups excluding carboxylic acids is 1. The molecule has 4 heteroatoms. The second kappa shape index (κ2) is 6.06. The fraction of sp³-hybridized carbons (Fsp3) is 0.533. The van der Waals surface area contributed by atoms with Crippen LogP contribution in [0.5, 0.6) is 5.75 Å². The third-order valence-corrected chi connectivity index (χ3v) is 3.41. The summed E-state index contributed by atoms with van der Waals surface area (Å²) in [5.74, 6) is 0.922. The van der Waals surface area contributed by atoms with E-state index in [1.807, 2.05) is 0 Å². The first-order valence-electron chi connectivity index (χ1n) is 6.70. The van der Waals surface area contributed by atoms with Crippen LogP contribution in [0, 0.1) is 12.8 Å². The van der Waals surface area contributed by atoms with Crippen LogP contribution in [-0.2, 0) is 4.74 Å². The number of nitrogens with zero attached hydrogens (tertiary/aromatic N) is 1. The molecule has 1 aliphatic rings. The molecule has 0 spiro atoms. The van der Waals surface area contributed by atoms with Crippen LogP contribution in [0.15, 0.2) is 18.2 Å². The molecule has 0 unspecified atom stereocenters. The van der Waals surface area contributed by atoms with E-state index in [0.29, 0.717) is 24.3 Å². The van der Waals surface area contributed by atoms with Crippen LogP contribution in [0.2, 0.25) is 0 Å². The Morgan fingerprint density at radius 2 is 2.21 bits per heavy atom. The molecule has 0 aliphatic heterocycles. The van der Waals surface area contributed by atoms with Crippen LogP contribution >= 0.6 is 0 Å². The number of ether oxygens (including phenoxy) is 1. The van der Waals surface area contributed by atoms with Gasteiger partial charge in [-0.1, -0.05) is 0 Å². The van der Waals surface area contributed by atoms with Gasteiger partial charge >= 0.3 is 0 Å². The monoisotopic (exact) mass is 263 g/mol. The molecular weight excluding hydrogens is 242 g/mol. The first-order chi connectivity index (χ1) is 9.08. The van der Waals surface area contributed by atoms with Crippen molar-refractivity contribution in [2.45, 2.75) is 19.8 Å². The molecular formula is C15H21NO3. The smallest absolute Gasteiger partial charge is 0.253 e. The number of rotatable bonds is 6. The molecule has 0 saturated heterocycles. The van der Waals surface area contributed by atoms with Gasteiger partial charge in [-0.3, -0.25) is 4.79 Å². The van der Waals surface area contributed by atoms with E-state index in [9.17, 15) is 9.90 Å². The van der Waals surface area contributed by atoms with Crippen molar-refractivity contribution in [2.75, 3.05) is 26.8 Å². The van der Waals surface area contributed by atoms with E-state index < -0.39 is 0 Å². The highest BCUT2D eigenvalue weighted by molar-refractivity contribution is 5.94. The molecule has 4 nitrogen and oxygen atoms in total. The third-order valence-electron chi connectivity index (χ3n) is 3.41. The van der Waals surface area contributed by atoms with Crippen molar-refractivity contribution in [3.8, 4) is 5.75 Å². The summed E-state index contributed by atoms with van der Waals surface area (Å²) in [6.45, 7) is 3.77. The minimum absolute atomic E-state index is 0.0434. The van der Waals surface area contributed by atoms with Crippen molar-refractivity contribution >= 4 is 5.91 Å². The van der Waals surface area contributed by atoms with Crippen LogP contribution in [0.4, 0.5) is 0 Å². The Bertz CT molecular complexity index is 455. The highest BCUT2D eigenvalue weighted by Gasteiger charge is 2.21. The first kappa shape index (κ1) is 13.9. The molecule has 1 amide bonds. The quantitative estimate of drug-likeness (QED) is 0.800. The number of likely N-dealkylation sites (N-methyl/N-ethyl adjacent to an activating group) is 1. The van der Waals surface area contributed by atoms with Gasteiger partial charge in [-0.2, -0.15) is 0 Å². The average Bonchev–Trinajstić information content (AvgIpc) is 3.21. The summed E-state index contributed by atoms with van der Waals surface area (Å²) < 4.78 is 5.52. The van der Waals surface area contributed by atoms with Gasteiger partial charge in [0.05, 0.1) is 6.61 Å². The Morgan fingerprint density at radius 1 is 1.47 bits per heavy atom. The summed E-state index contributed by atoms with van der Waals surface area (Å²) >= 11 is 0. The zero-order chi connectivity index (χ0) is 13.8. The van der Waals surface area contributed by atoms with Crippen molar-refractivity contribution < 1.29 is 14.6 Å². The maximum absolute atomic E-state index is 12.1. The molecule has 1 fully saturated rings. The van der Waals surface area contributed by atoms with Crippen molar-refractivity contribution in [3.05, 3.63) is 29.3 Å². The number of aromatic hydroxyl groups is 1. The van der Waals surface area contributed by atoms with E-state index in [-0.39, 0.29) is 11.7 Å². The molecule has 0 atom stereocenters. The molecule has 1 saturated carbocycles. The molecule has 104 valence electrons. The maximum atomic E-state index is 12.1. The number of phenols is 1. The van der Waals surface area contributed by atoms with Gasteiger partial charge in [0.2, 0.25) is 0 Å². The molecule has 0 aromatic heterocycles. The van der Waals surface area contributed by atoms with Crippen LogP contribution in [0.1, 0.15) is 28.8 Å². The summed E-state index contributed by atoms with van der Waals surface area (Å²) in [4.78, 5) is 13.8. The zero-order valence-electron chi connectivity index (χ0n) is 11.6. The molecule has 1 aromatic carbocycles. The largest absolute Gasteiger partial charge is 0.508 e. The lowest BCUT2D eigenvalue weighted by molar-refractivity contribution is 0.0681. The second-order valence-corrected chi connectivity index (χ2v) is 5.25. The van der Waals surface area contributed by atoms with Crippen molar-refractivity contribution in [1.82, 2.24) is 4.90 Å². The number of hydrogen-bond acceptors (Lipinski definition) is 3. The zero-order valence-corrected chi connectivity index (χ0v) is 11.6. The van der Waals surface area contributed by atoms with Crippen LogP contribution in [0.3, 0.4) is 0 Å². The highest BCUT2D eigenvalue weighted by atomic mass is 16.5. The van der Waals surface area contributed by atoms with Gasteiger partial charge in [0.1, 0.15) is 5.75 Å². The topological polar surface area (TPSA) is 49.8 Å². The second-order valence-electron chi connectivity index (χ2n) is 5.25.